The average molecular weight is 269 g/mol. The Hall–Kier alpha value is -2.06. The highest BCUT2D eigenvalue weighted by Crippen LogP contribution is 2.29. The minimum Gasteiger partial charge on any atom is -0.320 e. The van der Waals surface area contributed by atoms with Crippen LogP contribution in [0.3, 0.4) is 0 Å². The highest BCUT2D eigenvalue weighted by Gasteiger charge is 2.13. The van der Waals surface area contributed by atoms with Crippen molar-refractivity contribution in [2.45, 2.75) is 6.54 Å². The third kappa shape index (κ3) is 2.04. The van der Waals surface area contributed by atoms with E-state index >= 15 is 0 Å². The van der Waals surface area contributed by atoms with Crippen LogP contribution in [0.2, 0.25) is 5.02 Å². The van der Waals surface area contributed by atoms with Gasteiger partial charge in [-0.2, -0.15) is 0 Å². The zero-order chi connectivity index (χ0) is 13.2. The summed E-state index contributed by atoms with van der Waals surface area (Å²) < 4.78 is 2.13. The Morgan fingerprint density at radius 2 is 1.84 bits per heavy atom. The number of halogens is 1. The third-order valence-corrected chi connectivity index (χ3v) is 3.41. The zero-order valence-electron chi connectivity index (χ0n) is 10.4. The minimum absolute atomic E-state index is 0.709. The Labute approximate surface area is 117 Å². The molecular formula is C16H13ClN2. The van der Waals surface area contributed by atoms with Crippen molar-refractivity contribution in [1.82, 2.24) is 9.55 Å². The lowest BCUT2D eigenvalue weighted by molar-refractivity contribution is 0.862. The highest BCUT2D eigenvalue weighted by molar-refractivity contribution is 6.33. The first-order valence-corrected chi connectivity index (χ1v) is 6.50. The molecule has 2 nitrogen and oxygen atoms in total. The number of benzene rings is 2. The number of hydrogen-bond donors (Lipinski definition) is 0. The molecule has 0 aliphatic heterocycles. The molecule has 0 saturated heterocycles. The van der Waals surface area contributed by atoms with Gasteiger partial charge in [0.1, 0.15) is 5.82 Å². The van der Waals surface area contributed by atoms with E-state index in [2.05, 4.69) is 17.2 Å². The maximum Gasteiger partial charge on any atom is 0.142 e. The lowest BCUT2D eigenvalue weighted by Gasteiger charge is -2.07. The summed E-state index contributed by atoms with van der Waals surface area (Å²) in [7, 11) is 0. The molecule has 19 heavy (non-hydrogen) atoms. The SMILES string of the molecule is C=CCn1c(-c2ccccc2Cl)nc2ccccc21. The van der Waals surface area contributed by atoms with Crippen LogP contribution < -0.4 is 0 Å². The molecule has 3 aromatic rings. The molecule has 0 radical (unpaired) electrons. The number of hydrogen-bond acceptors (Lipinski definition) is 1. The van der Waals surface area contributed by atoms with Gasteiger partial charge < -0.3 is 4.57 Å². The Morgan fingerprint density at radius 1 is 1.11 bits per heavy atom. The molecule has 0 aliphatic rings. The van der Waals surface area contributed by atoms with E-state index in [-0.39, 0.29) is 0 Å². The molecule has 94 valence electrons. The van der Waals surface area contributed by atoms with Crippen molar-refractivity contribution in [2.75, 3.05) is 0 Å². The number of rotatable bonds is 3. The van der Waals surface area contributed by atoms with Gasteiger partial charge >= 0.3 is 0 Å². The normalized spacial score (nSPS) is 10.8. The topological polar surface area (TPSA) is 17.8 Å². The quantitative estimate of drug-likeness (QED) is 0.638. The predicted octanol–water partition coefficient (Wildman–Crippen LogP) is 4.54. The van der Waals surface area contributed by atoms with Crippen LogP contribution in [0, 0.1) is 0 Å². The molecule has 0 unspecified atom stereocenters. The van der Waals surface area contributed by atoms with Crippen molar-refractivity contribution in [3.8, 4) is 11.4 Å². The lowest BCUT2D eigenvalue weighted by Crippen LogP contribution is -1.98. The van der Waals surface area contributed by atoms with E-state index in [1.54, 1.807) is 0 Å². The second-order valence-corrected chi connectivity index (χ2v) is 4.71. The van der Waals surface area contributed by atoms with Crippen molar-refractivity contribution in [3.63, 3.8) is 0 Å². The maximum atomic E-state index is 6.28. The van der Waals surface area contributed by atoms with Gasteiger partial charge in [0.2, 0.25) is 0 Å². The Balaban J connectivity index is 2.31. The second kappa shape index (κ2) is 4.90. The number of allylic oxidation sites excluding steroid dienone is 1. The Kier molecular flexibility index (Phi) is 3.10. The van der Waals surface area contributed by atoms with E-state index in [0.717, 1.165) is 22.4 Å². The first-order valence-electron chi connectivity index (χ1n) is 6.12. The second-order valence-electron chi connectivity index (χ2n) is 4.30. The zero-order valence-corrected chi connectivity index (χ0v) is 11.1. The Bertz CT molecular complexity index is 743. The number of fused-ring (bicyclic) bond motifs is 1. The first kappa shape index (κ1) is 12.0. The molecule has 1 heterocycles. The summed E-state index contributed by atoms with van der Waals surface area (Å²) >= 11 is 6.28. The lowest BCUT2D eigenvalue weighted by atomic mass is 10.2. The molecule has 0 saturated carbocycles. The monoisotopic (exact) mass is 268 g/mol. The van der Waals surface area contributed by atoms with Crippen molar-refractivity contribution in [3.05, 3.63) is 66.2 Å². The molecule has 0 amide bonds. The molecule has 0 N–H and O–H groups in total. The van der Waals surface area contributed by atoms with Crippen molar-refractivity contribution in [2.24, 2.45) is 0 Å². The van der Waals surface area contributed by atoms with Crippen molar-refractivity contribution >= 4 is 22.6 Å². The molecule has 1 aromatic heterocycles. The average Bonchev–Trinajstić information content (AvgIpc) is 2.79. The summed E-state index contributed by atoms with van der Waals surface area (Å²) in [5.74, 6) is 0.881. The summed E-state index contributed by atoms with van der Waals surface area (Å²) in [6.45, 7) is 4.53. The number of aromatic nitrogens is 2. The van der Waals surface area contributed by atoms with Crippen LogP contribution in [0.4, 0.5) is 0 Å². The van der Waals surface area contributed by atoms with Crippen molar-refractivity contribution < 1.29 is 0 Å². The van der Waals surface area contributed by atoms with Crippen LogP contribution >= 0.6 is 11.6 Å². The van der Waals surface area contributed by atoms with Crippen LogP contribution in [0.25, 0.3) is 22.4 Å². The van der Waals surface area contributed by atoms with E-state index in [9.17, 15) is 0 Å². The van der Waals surface area contributed by atoms with Gasteiger partial charge in [0.15, 0.2) is 0 Å². The molecule has 3 heteroatoms. The van der Waals surface area contributed by atoms with Gasteiger partial charge in [-0.15, -0.1) is 6.58 Å². The van der Waals surface area contributed by atoms with Gasteiger partial charge in [-0.25, -0.2) is 4.98 Å². The summed E-state index contributed by atoms with van der Waals surface area (Å²) in [4.78, 5) is 4.69. The van der Waals surface area contributed by atoms with E-state index in [0.29, 0.717) is 11.6 Å². The number of para-hydroxylation sites is 2. The van der Waals surface area contributed by atoms with Crippen LogP contribution in [-0.2, 0) is 6.54 Å². The van der Waals surface area contributed by atoms with Crippen LogP contribution in [0.1, 0.15) is 0 Å². The van der Waals surface area contributed by atoms with Crippen molar-refractivity contribution in [1.29, 1.82) is 0 Å². The minimum atomic E-state index is 0.709. The van der Waals surface area contributed by atoms with E-state index < -0.39 is 0 Å². The summed E-state index contributed by atoms with van der Waals surface area (Å²) in [5, 5.41) is 0.711. The molecule has 0 bridgehead atoms. The fourth-order valence-corrected chi connectivity index (χ4v) is 2.46. The molecule has 0 atom stereocenters. The highest BCUT2D eigenvalue weighted by atomic mass is 35.5. The smallest absolute Gasteiger partial charge is 0.142 e. The maximum absolute atomic E-state index is 6.28. The summed E-state index contributed by atoms with van der Waals surface area (Å²) in [6.07, 6.45) is 1.87. The Morgan fingerprint density at radius 3 is 2.63 bits per heavy atom. The standard InChI is InChI=1S/C16H13ClN2/c1-2-11-19-15-10-6-5-9-14(15)18-16(19)12-7-3-4-8-13(12)17/h2-10H,1,11H2. The third-order valence-electron chi connectivity index (χ3n) is 3.08. The number of nitrogens with zero attached hydrogens (tertiary/aromatic N) is 2. The summed E-state index contributed by atoms with van der Waals surface area (Å²) in [5.41, 5.74) is 3.01. The van der Waals surface area contributed by atoms with Gasteiger partial charge in [-0.05, 0) is 24.3 Å². The molecule has 0 spiro atoms. The van der Waals surface area contributed by atoms with Crippen LogP contribution in [0.15, 0.2) is 61.2 Å². The largest absolute Gasteiger partial charge is 0.320 e. The molecule has 2 aromatic carbocycles. The van der Waals surface area contributed by atoms with E-state index in [1.807, 2.05) is 48.5 Å². The van der Waals surface area contributed by atoms with Gasteiger partial charge in [-0.1, -0.05) is 41.9 Å². The predicted molar refractivity (Wildman–Crippen MR) is 80.4 cm³/mol. The van der Waals surface area contributed by atoms with E-state index in [4.69, 9.17) is 16.6 Å². The van der Waals surface area contributed by atoms with Gasteiger partial charge in [-0.3, -0.25) is 0 Å². The van der Waals surface area contributed by atoms with Gasteiger partial charge in [0, 0.05) is 12.1 Å². The molecular weight excluding hydrogens is 256 g/mol. The van der Waals surface area contributed by atoms with E-state index in [1.165, 1.54) is 0 Å². The molecule has 0 fully saturated rings. The summed E-state index contributed by atoms with van der Waals surface area (Å²) in [6, 6.07) is 15.8. The van der Waals surface area contributed by atoms with Crippen LogP contribution in [-0.4, -0.2) is 9.55 Å². The number of imidazole rings is 1. The molecule has 0 aliphatic carbocycles. The fraction of sp³-hybridized carbons (Fsp3) is 0.0625. The fourth-order valence-electron chi connectivity index (χ4n) is 2.24. The van der Waals surface area contributed by atoms with Gasteiger partial charge in [0.25, 0.3) is 0 Å². The van der Waals surface area contributed by atoms with Gasteiger partial charge in [0.05, 0.1) is 16.1 Å². The first-order chi connectivity index (χ1) is 9.31. The van der Waals surface area contributed by atoms with Crippen LogP contribution in [0.5, 0.6) is 0 Å². The molecule has 3 rings (SSSR count).